The summed E-state index contributed by atoms with van der Waals surface area (Å²) >= 11 is 1.23. The van der Waals surface area contributed by atoms with E-state index in [1.54, 1.807) is 12.1 Å². The van der Waals surface area contributed by atoms with E-state index in [9.17, 15) is 22.8 Å². The van der Waals surface area contributed by atoms with Crippen LogP contribution in [0.3, 0.4) is 0 Å². The summed E-state index contributed by atoms with van der Waals surface area (Å²) in [4.78, 5) is 28.0. The van der Waals surface area contributed by atoms with Crippen LogP contribution in [0, 0.1) is 0 Å². The lowest BCUT2D eigenvalue weighted by Crippen LogP contribution is -2.43. The van der Waals surface area contributed by atoms with Crippen LogP contribution in [-0.2, 0) is 20.5 Å². The van der Waals surface area contributed by atoms with Gasteiger partial charge < -0.3 is 10.1 Å². The third-order valence-electron chi connectivity index (χ3n) is 4.66. The Bertz CT molecular complexity index is 991. The fraction of sp³-hybridized carbons (Fsp3) is 0.304. The van der Waals surface area contributed by atoms with Crippen LogP contribution in [0.1, 0.15) is 24.5 Å². The number of nitrogens with zero attached hydrogens (tertiary/aromatic N) is 1. The highest BCUT2D eigenvalue weighted by Crippen LogP contribution is 2.42. The van der Waals surface area contributed by atoms with Crippen molar-refractivity contribution in [2.24, 2.45) is 0 Å². The fourth-order valence-electron chi connectivity index (χ4n) is 3.08. The summed E-state index contributed by atoms with van der Waals surface area (Å²) in [7, 11) is 0. The molecule has 1 aliphatic rings. The molecule has 0 bridgehead atoms. The van der Waals surface area contributed by atoms with Gasteiger partial charge in [0.15, 0.2) is 0 Å². The smallest absolute Gasteiger partial charge is 0.382 e. The predicted octanol–water partition coefficient (Wildman–Crippen LogP) is 4.73. The van der Waals surface area contributed by atoms with Crippen LogP contribution in [0.4, 0.5) is 18.9 Å². The molecule has 0 aliphatic carbocycles. The van der Waals surface area contributed by atoms with Gasteiger partial charge >= 0.3 is 6.18 Å². The number of halogens is 3. The first-order chi connectivity index (χ1) is 15.3. The number of nitrogens with one attached hydrogen (secondary N) is 1. The number of para-hydroxylation sites is 1. The first kappa shape index (κ1) is 23.9. The highest BCUT2D eigenvalue weighted by molar-refractivity contribution is 8.04. The number of alkyl halides is 3. The molecule has 9 heteroatoms. The van der Waals surface area contributed by atoms with Crippen LogP contribution in [0.5, 0.6) is 0 Å². The van der Waals surface area contributed by atoms with Gasteiger partial charge in [-0.2, -0.15) is 13.2 Å². The highest BCUT2D eigenvalue weighted by atomic mass is 32.2. The maximum absolute atomic E-state index is 13.1. The maximum Gasteiger partial charge on any atom is 0.416 e. The van der Waals surface area contributed by atoms with E-state index in [1.165, 1.54) is 34.9 Å². The van der Waals surface area contributed by atoms with Crippen LogP contribution in [0.25, 0.3) is 6.08 Å². The van der Waals surface area contributed by atoms with Gasteiger partial charge in [-0.1, -0.05) is 36.0 Å². The zero-order valence-electron chi connectivity index (χ0n) is 17.4. The normalized spacial score (nSPS) is 15.1. The average molecular weight is 465 g/mol. The number of carbonyl (C=O) groups excluding carboxylic acids is 2. The molecule has 1 N–H and O–H groups in total. The van der Waals surface area contributed by atoms with Gasteiger partial charge in [-0.25, -0.2) is 0 Å². The summed E-state index contributed by atoms with van der Waals surface area (Å²) in [6.07, 6.45) is -2.22. The minimum Gasteiger partial charge on any atom is -0.382 e. The average Bonchev–Trinajstić information content (AvgIpc) is 2.76. The van der Waals surface area contributed by atoms with E-state index in [0.29, 0.717) is 42.3 Å². The second-order valence-corrected chi connectivity index (χ2v) is 8.07. The maximum atomic E-state index is 13.1. The first-order valence-electron chi connectivity index (χ1n) is 10.1. The number of amides is 2. The Labute approximate surface area is 188 Å². The van der Waals surface area contributed by atoms with Crippen molar-refractivity contribution in [3.8, 4) is 0 Å². The number of carbonyl (C=O) groups is 2. The van der Waals surface area contributed by atoms with Crippen molar-refractivity contribution in [1.82, 2.24) is 5.32 Å². The molecular weight excluding hydrogens is 441 g/mol. The Balaban J connectivity index is 1.77. The molecule has 2 aromatic carbocycles. The number of rotatable bonds is 8. The van der Waals surface area contributed by atoms with E-state index < -0.39 is 11.7 Å². The van der Waals surface area contributed by atoms with E-state index >= 15 is 0 Å². The molecule has 0 saturated heterocycles. The van der Waals surface area contributed by atoms with Crippen molar-refractivity contribution in [1.29, 1.82) is 0 Å². The van der Waals surface area contributed by atoms with E-state index in [0.717, 1.165) is 17.0 Å². The summed E-state index contributed by atoms with van der Waals surface area (Å²) in [5.41, 5.74) is 0.334. The largest absolute Gasteiger partial charge is 0.416 e. The predicted molar refractivity (Wildman–Crippen MR) is 118 cm³/mol. The molecule has 1 aliphatic heterocycles. The molecule has 170 valence electrons. The molecule has 1 heterocycles. The van der Waals surface area contributed by atoms with Crippen LogP contribution in [0.15, 0.2) is 58.3 Å². The quantitative estimate of drug-likeness (QED) is 0.453. The zero-order valence-corrected chi connectivity index (χ0v) is 18.3. The lowest BCUT2D eigenvalue weighted by Gasteiger charge is -2.29. The number of hydrogen-bond donors (Lipinski definition) is 1. The third-order valence-corrected chi connectivity index (χ3v) is 5.74. The Hall–Kier alpha value is -2.78. The summed E-state index contributed by atoms with van der Waals surface area (Å²) in [5, 5.41) is 2.78. The summed E-state index contributed by atoms with van der Waals surface area (Å²) in [6, 6.07) is 11.8. The molecule has 0 spiro atoms. The van der Waals surface area contributed by atoms with Crippen LogP contribution >= 0.6 is 11.8 Å². The van der Waals surface area contributed by atoms with Gasteiger partial charge in [-0.15, -0.1) is 0 Å². The monoisotopic (exact) mass is 464 g/mol. The number of anilines is 1. The minimum atomic E-state index is -4.42. The molecule has 3 rings (SSSR count). The molecule has 0 radical (unpaired) electrons. The van der Waals surface area contributed by atoms with Gasteiger partial charge in [0, 0.05) is 24.7 Å². The Kier molecular flexibility index (Phi) is 7.98. The molecule has 2 amide bonds. The van der Waals surface area contributed by atoms with E-state index in [2.05, 4.69) is 5.32 Å². The SMILES string of the molecule is CCOCCCNC(=O)CN1C(=O)/C(=C\c2ccc(C(F)(F)F)cc2)Sc2ccccc21. The van der Waals surface area contributed by atoms with E-state index in [1.807, 2.05) is 19.1 Å². The number of fused-ring (bicyclic) bond motifs is 1. The second-order valence-electron chi connectivity index (χ2n) is 6.99. The number of hydrogen-bond acceptors (Lipinski definition) is 4. The highest BCUT2D eigenvalue weighted by Gasteiger charge is 2.31. The molecule has 0 saturated carbocycles. The van der Waals surface area contributed by atoms with Crippen molar-refractivity contribution in [3.63, 3.8) is 0 Å². The molecule has 5 nitrogen and oxygen atoms in total. The number of benzene rings is 2. The van der Waals surface area contributed by atoms with Gasteiger partial charge in [-0.05, 0) is 49.2 Å². The number of thioether (sulfide) groups is 1. The Morgan fingerprint density at radius 3 is 2.56 bits per heavy atom. The Morgan fingerprint density at radius 2 is 1.88 bits per heavy atom. The molecule has 0 aromatic heterocycles. The lowest BCUT2D eigenvalue weighted by molar-refractivity contribution is -0.137. The van der Waals surface area contributed by atoms with Gasteiger partial charge in [0.25, 0.3) is 5.91 Å². The Morgan fingerprint density at radius 1 is 1.16 bits per heavy atom. The van der Waals surface area contributed by atoms with Crippen molar-refractivity contribution in [3.05, 3.63) is 64.6 Å². The van der Waals surface area contributed by atoms with E-state index in [4.69, 9.17) is 4.74 Å². The van der Waals surface area contributed by atoms with Crippen molar-refractivity contribution in [2.75, 3.05) is 31.2 Å². The first-order valence-corrected chi connectivity index (χ1v) is 10.9. The molecular formula is C23H23F3N2O3S. The molecule has 32 heavy (non-hydrogen) atoms. The van der Waals surface area contributed by atoms with Crippen LogP contribution in [-0.4, -0.2) is 38.1 Å². The zero-order chi connectivity index (χ0) is 23.1. The van der Waals surface area contributed by atoms with E-state index in [-0.39, 0.29) is 18.4 Å². The fourth-order valence-corrected chi connectivity index (χ4v) is 4.14. The molecule has 0 atom stereocenters. The van der Waals surface area contributed by atoms with Crippen molar-refractivity contribution in [2.45, 2.75) is 24.4 Å². The molecule has 0 fully saturated rings. The second kappa shape index (κ2) is 10.7. The topological polar surface area (TPSA) is 58.6 Å². The summed E-state index contributed by atoms with van der Waals surface area (Å²) < 4.78 is 43.6. The minimum absolute atomic E-state index is 0.157. The van der Waals surface area contributed by atoms with Crippen LogP contribution < -0.4 is 10.2 Å². The third kappa shape index (κ3) is 6.14. The lowest BCUT2D eigenvalue weighted by atomic mass is 10.1. The van der Waals surface area contributed by atoms with Crippen molar-refractivity contribution < 1.29 is 27.5 Å². The summed E-state index contributed by atoms with van der Waals surface area (Å²) in [5.74, 6) is -0.677. The van der Waals surface area contributed by atoms with Gasteiger partial charge in [0.2, 0.25) is 5.91 Å². The van der Waals surface area contributed by atoms with Crippen molar-refractivity contribution >= 4 is 35.3 Å². The van der Waals surface area contributed by atoms with Crippen LogP contribution in [0.2, 0.25) is 0 Å². The van der Waals surface area contributed by atoms with Gasteiger partial charge in [0.05, 0.1) is 16.2 Å². The number of ether oxygens (including phenoxy) is 1. The summed E-state index contributed by atoms with van der Waals surface area (Å²) in [6.45, 7) is 3.32. The molecule has 0 unspecified atom stereocenters. The van der Waals surface area contributed by atoms with Gasteiger partial charge in [-0.3, -0.25) is 14.5 Å². The standard InChI is InChI=1S/C23H23F3N2O3S/c1-2-31-13-5-12-27-21(29)15-28-18-6-3-4-7-19(18)32-20(22(28)30)14-16-8-10-17(11-9-16)23(24,25)26/h3-4,6-11,14H,2,5,12-13,15H2,1H3,(H,27,29)/b20-14+. The molecule has 2 aromatic rings. The van der Waals surface area contributed by atoms with Gasteiger partial charge in [0.1, 0.15) is 6.54 Å².